The van der Waals surface area contributed by atoms with E-state index in [1.165, 1.54) is 0 Å². The van der Waals surface area contributed by atoms with E-state index in [4.69, 9.17) is 16.3 Å². The van der Waals surface area contributed by atoms with E-state index in [0.29, 0.717) is 5.02 Å². The van der Waals surface area contributed by atoms with Gasteiger partial charge in [0.2, 0.25) is 5.91 Å². The van der Waals surface area contributed by atoms with Gasteiger partial charge in [0.1, 0.15) is 0 Å². The van der Waals surface area contributed by atoms with Crippen molar-refractivity contribution < 1.29 is 9.53 Å². The number of carbonyl (C=O) groups excluding carboxylic acids is 1. The number of nitrogens with one attached hydrogen (secondary N) is 1. The van der Waals surface area contributed by atoms with Crippen molar-refractivity contribution in [2.24, 2.45) is 0 Å². The van der Waals surface area contributed by atoms with Crippen LogP contribution in [0.4, 0.5) is 0 Å². The van der Waals surface area contributed by atoms with Gasteiger partial charge in [-0.3, -0.25) is 4.79 Å². The molecular formula is C16H20ClNO2. The van der Waals surface area contributed by atoms with Gasteiger partial charge in [-0.25, -0.2) is 0 Å². The lowest BCUT2D eigenvalue weighted by Gasteiger charge is -2.23. The first-order valence-electron chi connectivity index (χ1n) is 7.30. The number of rotatable bonds is 4. The summed E-state index contributed by atoms with van der Waals surface area (Å²) in [7, 11) is 0. The molecule has 2 unspecified atom stereocenters. The number of benzene rings is 1. The lowest BCUT2D eigenvalue weighted by molar-refractivity contribution is -0.125. The van der Waals surface area contributed by atoms with Crippen molar-refractivity contribution in [3.8, 4) is 0 Å². The van der Waals surface area contributed by atoms with Crippen LogP contribution in [0.2, 0.25) is 5.02 Å². The number of hydrogen-bond acceptors (Lipinski definition) is 2. The van der Waals surface area contributed by atoms with Gasteiger partial charge in [-0.2, -0.15) is 0 Å². The monoisotopic (exact) mass is 293 g/mol. The average molecular weight is 294 g/mol. The van der Waals surface area contributed by atoms with E-state index < -0.39 is 0 Å². The highest BCUT2D eigenvalue weighted by Crippen LogP contribution is 2.48. The van der Waals surface area contributed by atoms with Crippen molar-refractivity contribution in [2.45, 2.75) is 50.2 Å². The summed E-state index contributed by atoms with van der Waals surface area (Å²) >= 11 is 5.92. The molecule has 1 N–H and O–H groups in total. The Bertz CT molecular complexity index is 490. The minimum Gasteiger partial charge on any atom is -0.376 e. The van der Waals surface area contributed by atoms with Crippen molar-refractivity contribution >= 4 is 17.5 Å². The highest BCUT2D eigenvalue weighted by molar-refractivity contribution is 6.30. The van der Waals surface area contributed by atoms with Gasteiger partial charge in [0.15, 0.2) is 0 Å². The van der Waals surface area contributed by atoms with Crippen molar-refractivity contribution in [2.75, 3.05) is 6.61 Å². The van der Waals surface area contributed by atoms with E-state index in [0.717, 1.165) is 37.9 Å². The molecule has 1 saturated carbocycles. The standard InChI is InChI=1S/C16H20ClNO2/c1-11(14-3-2-10-20-14)18-15(19)16(8-9-16)12-4-6-13(17)7-5-12/h4-7,11,14H,2-3,8-10H2,1H3,(H,18,19). The molecule has 1 aromatic rings. The van der Waals surface area contributed by atoms with Crippen molar-refractivity contribution in [3.63, 3.8) is 0 Å². The SMILES string of the molecule is CC(NC(=O)C1(c2ccc(Cl)cc2)CC1)C1CCCO1. The van der Waals surface area contributed by atoms with E-state index in [1.54, 1.807) is 0 Å². The fourth-order valence-electron chi connectivity index (χ4n) is 2.98. The third-order valence-corrected chi connectivity index (χ3v) is 4.71. The summed E-state index contributed by atoms with van der Waals surface area (Å²) in [4.78, 5) is 12.6. The largest absolute Gasteiger partial charge is 0.376 e. The van der Waals surface area contributed by atoms with Gasteiger partial charge >= 0.3 is 0 Å². The van der Waals surface area contributed by atoms with Crippen LogP contribution >= 0.6 is 11.6 Å². The smallest absolute Gasteiger partial charge is 0.230 e. The van der Waals surface area contributed by atoms with Crippen LogP contribution in [0.25, 0.3) is 0 Å². The second kappa shape index (κ2) is 5.38. The molecular weight excluding hydrogens is 274 g/mol. The summed E-state index contributed by atoms with van der Waals surface area (Å²) in [5.41, 5.74) is 0.733. The van der Waals surface area contributed by atoms with E-state index in [2.05, 4.69) is 5.32 Å². The summed E-state index contributed by atoms with van der Waals surface area (Å²) in [6.07, 6.45) is 4.12. The van der Waals surface area contributed by atoms with Gasteiger partial charge in [-0.05, 0) is 50.3 Å². The quantitative estimate of drug-likeness (QED) is 0.926. The zero-order chi connectivity index (χ0) is 14.2. The molecule has 108 valence electrons. The van der Waals surface area contributed by atoms with E-state index in [1.807, 2.05) is 31.2 Å². The Morgan fingerprint density at radius 1 is 1.40 bits per heavy atom. The molecule has 0 bridgehead atoms. The Hall–Kier alpha value is -1.06. The fraction of sp³-hybridized carbons (Fsp3) is 0.562. The molecule has 1 saturated heterocycles. The molecule has 1 aliphatic carbocycles. The summed E-state index contributed by atoms with van der Waals surface area (Å²) in [5, 5.41) is 3.85. The third kappa shape index (κ3) is 2.57. The second-order valence-electron chi connectivity index (χ2n) is 5.90. The average Bonchev–Trinajstić information content (AvgIpc) is 3.06. The lowest BCUT2D eigenvalue weighted by atomic mass is 9.94. The zero-order valence-corrected chi connectivity index (χ0v) is 12.5. The molecule has 1 amide bonds. The van der Waals surface area contributed by atoms with Crippen LogP contribution in [0.1, 0.15) is 38.2 Å². The topological polar surface area (TPSA) is 38.3 Å². The Kier molecular flexibility index (Phi) is 3.74. The molecule has 2 aliphatic rings. The summed E-state index contributed by atoms with van der Waals surface area (Å²) < 4.78 is 5.64. The molecule has 0 spiro atoms. The summed E-state index contributed by atoms with van der Waals surface area (Å²) in [6.45, 7) is 2.85. The second-order valence-corrected chi connectivity index (χ2v) is 6.34. The first kappa shape index (κ1) is 13.9. The van der Waals surface area contributed by atoms with Crippen molar-refractivity contribution in [1.82, 2.24) is 5.32 Å². The van der Waals surface area contributed by atoms with Crippen LogP contribution in [0.3, 0.4) is 0 Å². The third-order valence-electron chi connectivity index (χ3n) is 4.46. The molecule has 2 fully saturated rings. The maximum absolute atomic E-state index is 12.6. The number of carbonyl (C=O) groups is 1. The highest BCUT2D eigenvalue weighted by atomic mass is 35.5. The van der Waals surface area contributed by atoms with E-state index in [-0.39, 0.29) is 23.5 Å². The molecule has 20 heavy (non-hydrogen) atoms. The first-order valence-corrected chi connectivity index (χ1v) is 7.68. The molecule has 4 heteroatoms. The predicted octanol–water partition coefficient (Wildman–Crippen LogP) is 3.06. The maximum atomic E-state index is 12.6. The van der Waals surface area contributed by atoms with Gasteiger partial charge in [0, 0.05) is 11.6 Å². The number of halogens is 1. The molecule has 0 radical (unpaired) electrons. The molecule has 3 rings (SSSR count). The minimum atomic E-state index is -0.336. The summed E-state index contributed by atoms with van der Waals surface area (Å²) in [5.74, 6) is 0.128. The maximum Gasteiger partial charge on any atom is 0.230 e. The molecule has 3 nitrogen and oxygen atoms in total. The van der Waals surface area contributed by atoms with Gasteiger partial charge in [0.05, 0.1) is 17.6 Å². The van der Waals surface area contributed by atoms with Gasteiger partial charge in [0.25, 0.3) is 0 Å². The zero-order valence-electron chi connectivity index (χ0n) is 11.7. The Morgan fingerprint density at radius 3 is 2.65 bits per heavy atom. The Morgan fingerprint density at radius 2 is 2.10 bits per heavy atom. The van der Waals surface area contributed by atoms with E-state index in [9.17, 15) is 4.79 Å². The lowest BCUT2D eigenvalue weighted by Crippen LogP contribution is -2.45. The van der Waals surface area contributed by atoms with E-state index >= 15 is 0 Å². The number of hydrogen-bond donors (Lipinski definition) is 1. The van der Waals surface area contributed by atoms with Crippen LogP contribution < -0.4 is 5.32 Å². The van der Waals surface area contributed by atoms with Crippen LogP contribution in [0.15, 0.2) is 24.3 Å². The fourth-order valence-corrected chi connectivity index (χ4v) is 3.10. The molecule has 1 heterocycles. The van der Waals surface area contributed by atoms with Gasteiger partial charge < -0.3 is 10.1 Å². The number of amides is 1. The highest BCUT2D eigenvalue weighted by Gasteiger charge is 2.51. The predicted molar refractivity (Wildman–Crippen MR) is 78.9 cm³/mol. The minimum absolute atomic E-state index is 0.0785. The van der Waals surface area contributed by atoms with Crippen molar-refractivity contribution in [3.05, 3.63) is 34.9 Å². The number of ether oxygens (including phenoxy) is 1. The normalized spacial score (nSPS) is 25.2. The molecule has 1 aromatic carbocycles. The van der Waals surface area contributed by atoms with Crippen LogP contribution in [0.5, 0.6) is 0 Å². The molecule has 2 atom stereocenters. The Balaban J connectivity index is 1.68. The van der Waals surface area contributed by atoms with Crippen LogP contribution in [-0.4, -0.2) is 24.7 Å². The van der Waals surface area contributed by atoms with Crippen LogP contribution in [-0.2, 0) is 14.9 Å². The van der Waals surface area contributed by atoms with Gasteiger partial charge in [-0.1, -0.05) is 23.7 Å². The molecule has 0 aromatic heterocycles. The first-order chi connectivity index (χ1) is 9.62. The van der Waals surface area contributed by atoms with Crippen LogP contribution in [0, 0.1) is 0 Å². The molecule has 1 aliphatic heterocycles. The Labute approximate surface area is 124 Å². The van der Waals surface area contributed by atoms with Gasteiger partial charge in [-0.15, -0.1) is 0 Å². The summed E-state index contributed by atoms with van der Waals surface area (Å²) in [6, 6.07) is 7.72. The van der Waals surface area contributed by atoms with Crippen molar-refractivity contribution in [1.29, 1.82) is 0 Å².